The maximum atomic E-state index is 12.9. The number of thioether (sulfide) groups is 1. The summed E-state index contributed by atoms with van der Waals surface area (Å²) in [7, 11) is 1.34. The van der Waals surface area contributed by atoms with Crippen LogP contribution in [0.1, 0.15) is 12.8 Å². The van der Waals surface area contributed by atoms with Gasteiger partial charge in [0.05, 0.1) is 12.0 Å². The molecule has 2 N–H and O–H groups in total. The van der Waals surface area contributed by atoms with Crippen LogP contribution in [0.15, 0.2) is 53.4 Å². The van der Waals surface area contributed by atoms with E-state index in [2.05, 4.69) is 34.1 Å². The van der Waals surface area contributed by atoms with E-state index in [9.17, 15) is 15.0 Å². The van der Waals surface area contributed by atoms with Crippen LogP contribution in [-0.2, 0) is 9.53 Å². The van der Waals surface area contributed by atoms with E-state index >= 15 is 0 Å². The van der Waals surface area contributed by atoms with Gasteiger partial charge in [-0.3, -0.25) is 9.69 Å². The number of aliphatic hydroxyl groups is 1. The van der Waals surface area contributed by atoms with E-state index in [0.717, 1.165) is 39.1 Å². The van der Waals surface area contributed by atoms with E-state index in [1.807, 2.05) is 6.07 Å². The fourth-order valence-electron chi connectivity index (χ4n) is 4.37. The molecule has 7 nitrogen and oxygen atoms in total. The van der Waals surface area contributed by atoms with Crippen LogP contribution >= 0.6 is 11.8 Å². The van der Waals surface area contributed by atoms with Crippen LogP contribution in [0.3, 0.4) is 0 Å². The number of fused-ring (bicyclic) bond motifs is 1. The molecule has 2 aromatic carbocycles. The number of carbonyl (C=O) groups is 1. The van der Waals surface area contributed by atoms with Gasteiger partial charge in [-0.1, -0.05) is 18.2 Å². The number of anilines is 1. The molecule has 0 bridgehead atoms. The minimum Gasteiger partial charge on any atom is -0.508 e. The maximum absolute atomic E-state index is 12.9. The summed E-state index contributed by atoms with van der Waals surface area (Å²) in [5, 5.41) is 20.8. The average Bonchev–Trinajstić information content (AvgIpc) is 2.96. The van der Waals surface area contributed by atoms with Gasteiger partial charge in [-0.15, -0.1) is 11.8 Å². The summed E-state index contributed by atoms with van der Waals surface area (Å²) in [6.45, 7) is 4.66. The van der Waals surface area contributed by atoms with E-state index in [4.69, 9.17) is 9.47 Å². The molecule has 2 unspecified atom stereocenters. The largest absolute Gasteiger partial charge is 0.508 e. The lowest BCUT2D eigenvalue weighted by Crippen LogP contribution is -2.50. The topological polar surface area (TPSA) is 82.5 Å². The van der Waals surface area contributed by atoms with Gasteiger partial charge in [0.1, 0.15) is 29.0 Å². The van der Waals surface area contributed by atoms with Gasteiger partial charge in [-0.25, -0.2) is 0 Å². The Balaban J connectivity index is 1.40. The number of ether oxygens (including phenoxy) is 2. The summed E-state index contributed by atoms with van der Waals surface area (Å²) in [6, 6.07) is 15.2. The van der Waals surface area contributed by atoms with Gasteiger partial charge < -0.3 is 24.6 Å². The second kappa shape index (κ2) is 10.0. The molecule has 2 heterocycles. The number of phenols is 1. The highest BCUT2D eigenvalue weighted by Gasteiger charge is 2.49. The van der Waals surface area contributed by atoms with Gasteiger partial charge in [0.25, 0.3) is 0 Å². The Kier molecular flexibility index (Phi) is 7.13. The monoisotopic (exact) mass is 458 g/mol. The van der Waals surface area contributed by atoms with Crippen LogP contribution in [0.5, 0.6) is 11.5 Å². The Morgan fingerprint density at radius 2 is 1.94 bits per heavy atom. The highest BCUT2D eigenvalue weighted by atomic mass is 32.2. The van der Waals surface area contributed by atoms with E-state index in [-0.39, 0.29) is 12.4 Å². The Labute approximate surface area is 192 Å². The molecule has 0 spiro atoms. The number of rotatable bonds is 6. The van der Waals surface area contributed by atoms with E-state index in [0.29, 0.717) is 17.1 Å². The van der Waals surface area contributed by atoms with Crippen molar-refractivity contribution < 1.29 is 24.5 Å². The highest BCUT2D eigenvalue weighted by Crippen LogP contribution is 2.47. The third kappa shape index (κ3) is 4.82. The van der Waals surface area contributed by atoms with Crippen molar-refractivity contribution >= 4 is 23.4 Å². The first-order chi connectivity index (χ1) is 15.5. The standard InChI is InChI=1S/C24H30N2O5S/c1-30-23(29)24(22(28)17-31-20-9-8-19(27)16-21(20)32-24)10-5-11-25-12-14-26(15-13-25)18-6-3-2-4-7-18/h2-4,6-9,16,22,27-28H,5,10-15,17H2,1H3. The summed E-state index contributed by atoms with van der Waals surface area (Å²) < 4.78 is 9.64. The Hall–Kier alpha value is -2.42. The Bertz CT molecular complexity index is 920. The first-order valence-electron chi connectivity index (χ1n) is 11.0. The molecule has 1 fully saturated rings. The lowest BCUT2D eigenvalue weighted by molar-refractivity contribution is -0.147. The number of aromatic hydroxyl groups is 1. The summed E-state index contributed by atoms with van der Waals surface area (Å²) >= 11 is 1.23. The molecule has 0 radical (unpaired) electrons. The number of nitrogens with zero attached hydrogens (tertiary/aromatic N) is 2. The van der Waals surface area contributed by atoms with Crippen LogP contribution in [0, 0.1) is 0 Å². The number of para-hydroxylation sites is 1. The molecule has 8 heteroatoms. The smallest absolute Gasteiger partial charge is 0.325 e. The van der Waals surface area contributed by atoms with Crippen LogP contribution in [0.4, 0.5) is 5.69 Å². The first kappa shape index (κ1) is 22.8. The lowest BCUT2D eigenvalue weighted by Gasteiger charge is -2.37. The molecule has 32 heavy (non-hydrogen) atoms. The lowest BCUT2D eigenvalue weighted by atomic mass is 9.95. The Morgan fingerprint density at radius 1 is 1.19 bits per heavy atom. The van der Waals surface area contributed by atoms with Crippen LogP contribution in [0.2, 0.25) is 0 Å². The van der Waals surface area contributed by atoms with Crippen LogP contribution in [0.25, 0.3) is 0 Å². The minimum atomic E-state index is -1.18. The van der Waals surface area contributed by atoms with Crippen molar-refractivity contribution in [2.24, 2.45) is 0 Å². The molecule has 2 atom stereocenters. The van der Waals surface area contributed by atoms with E-state index < -0.39 is 16.8 Å². The number of hydrogen-bond donors (Lipinski definition) is 2. The number of esters is 1. The molecule has 2 aliphatic rings. The van der Waals surface area contributed by atoms with Crippen LogP contribution in [-0.4, -0.2) is 78.4 Å². The molecule has 0 amide bonds. The number of aliphatic hydroxyl groups excluding tert-OH is 1. The van der Waals surface area contributed by atoms with Crippen molar-refractivity contribution in [3.63, 3.8) is 0 Å². The number of carbonyl (C=O) groups excluding carboxylic acids is 1. The van der Waals surface area contributed by atoms with Gasteiger partial charge >= 0.3 is 5.97 Å². The molecule has 172 valence electrons. The third-order valence-electron chi connectivity index (χ3n) is 6.20. The van der Waals surface area contributed by atoms with Crippen molar-refractivity contribution in [2.75, 3.05) is 51.3 Å². The second-order valence-corrected chi connectivity index (χ2v) is 9.58. The van der Waals surface area contributed by atoms with Crippen molar-refractivity contribution in [3.05, 3.63) is 48.5 Å². The average molecular weight is 459 g/mol. The zero-order valence-corrected chi connectivity index (χ0v) is 19.1. The second-order valence-electron chi connectivity index (χ2n) is 8.21. The summed E-state index contributed by atoms with van der Waals surface area (Å²) in [5.41, 5.74) is 1.25. The number of benzene rings is 2. The zero-order valence-electron chi connectivity index (χ0n) is 18.3. The van der Waals surface area contributed by atoms with Gasteiger partial charge in [0.15, 0.2) is 0 Å². The quantitative estimate of drug-likeness (QED) is 0.640. The fraction of sp³-hybridized carbons (Fsp3) is 0.458. The zero-order chi connectivity index (χ0) is 22.6. The van der Waals surface area contributed by atoms with Crippen LogP contribution < -0.4 is 9.64 Å². The highest BCUT2D eigenvalue weighted by molar-refractivity contribution is 8.01. The Morgan fingerprint density at radius 3 is 2.66 bits per heavy atom. The van der Waals surface area contributed by atoms with Gasteiger partial charge in [0.2, 0.25) is 0 Å². The van der Waals surface area contributed by atoms with Gasteiger partial charge in [0, 0.05) is 31.9 Å². The fourth-order valence-corrected chi connectivity index (χ4v) is 5.78. The molecule has 4 rings (SSSR count). The van der Waals surface area contributed by atoms with Crippen molar-refractivity contribution in [2.45, 2.75) is 28.6 Å². The van der Waals surface area contributed by atoms with Crippen molar-refractivity contribution in [3.8, 4) is 11.5 Å². The predicted octanol–water partition coefficient (Wildman–Crippen LogP) is 2.75. The van der Waals surface area contributed by atoms with E-state index in [1.165, 1.54) is 30.6 Å². The number of phenolic OH excluding ortho intramolecular Hbond substituents is 1. The predicted molar refractivity (Wildman–Crippen MR) is 125 cm³/mol. The minimum absolute atomic E-state index is 0.00434. The molecule has 0 aromatic heterocycles. The van der Waals surface area contributed by atoms with E-state index in [1.54, 1.807) is 12.1 Å². The molecule has 0 aliphatic carbocycles. The molecule has 1 saturated heterocycles. The van der Waals surface area contributed by atoms with Gasteiger partial charge in [-0.05, 0) is 49.7 Å². The SMILES string of the molecule is COC(=O)C1(CCCN2CCN(c3ccccc3)CC2)Sc2cc(O)ccc2OCC1O. The summed E-state index contributed by atoms with van der Waals surface area (Å²) in [6.07, 6.45) is 0.158. The van der Waals surface area contributed by atoms with Crippen molar-refractivity contribution in [1.29, 1.82) is 0 Å². The van der Waals surface area contributed by atoms with Gasteiger partial charge in [-0.2, -0.15) is 0 Å². The number of hydrogen-bond acceptors (Lipinski definition) is 8. The number of piperazine rings is 1. The third-order valence-corrected chi connectivity index (χ3v) is 7.75. The molecular weight excluding hydrogens is 428 g/mol. The first-order valence-corrected chi connectivity index (χ1v) is 11.8. The summed E-state index contributed by atoms with van der Waals surface area (Å²) in [5.74, 6) is 0.171. The number of methoxy groups -OCH3 is 1. The molecule has 0 saturated carbocycles. The summed E-state index contributed by atoms with van der Waals surface area (Å²) in [4.78, 5) is 18.3. The molecular formula is C24H30N2O5S. The molecule has 2 aliphatic heterocycles. The molecule has 2 aromatic rings. The maximum Gasteiger partial charge on any atom is 0.325 e. The normalized spacial score (nSPS) is 23.7. The van der Waals surface area contributed by atoms with Crippen molar-refractivity contribution in [1.82, 2.24) is 4.90 Å².